The van der Waals surface area contributed by atoms with Crippen LogP contribution in [0.3, 0.4) is 0 Å². The van der Waals surface area contributed by atoms with Crippen LogP contribution in [0.15, 0.2) is 0 Å². The number of carbonyl (C=O) groups is 1. The molecule has 0 atom stereocenters. The predicted octanol–water partition coefficient (Wildman–Crippen LogP) is 2.95. The van der Waals surface area contributed by atoms with Gasteiger partial charge in [0.2, 0.25) is 5.91 Å². The summed E-state index contributed by atoms with van der Waals surface area (Å²) in [5.41, 5.74) is 5.34. The number of nitrogens with zero attached hydrogens (tertiary/aromatic N) is 1. The minimum Gasteiger partial charge on any atom is -0.378 e. The first kappa shape index (κ1) is 18.4. The van der Waals surface area contributed by atoms with E-state index in [0.717, 1.165) is 38.7 Å². The maximum atomic E-state index is 11.1. The van der Waals surface area contributed by atoms with E-state index >= 15 is 0 Å². The number of carbonyl (C=O) groups excluding carboxylic acids is 1. The van der Waals surface area contributed by atoms with Crippen molar-refractivity contribution in [3.8, 4) is 0 Å². The number of hydrogen-bond donors (Lipinski definition) is 1. The second-order valence-corrected chi connectivity index (χ2v) is 6.46. The van der Waals surface area contributed by atoms with E-state index < -0.39 is 0 Å². The minimum absolute atomic E-state index is 0.0848. The van der Waals surface area contributed by atoms with Gasteiger partial charge in [0.15, 0.2) is 0 Å². The Labute approximate surface area is 130 Å². The Kier molecular flexibility index (Phi) is 9.68. The van der Waals surface area contributed by atoms with Gasteiger partial charge in [-0.05, 0) is 65.1 Å². The smallest absolute Gasteiger partial charge is 0.220 e. The Morgan fingerprint density at radius 3 is 2.29 bits per heavy atom. The Bertz CT molecular complexity index is 276. The molecule has 1 aliphatic rings. The van der Waals surface area contributed by atoms with Gasteiger partial charge in [-0.1, -0.05) is 19.8 Å². The lowest BCUT2D eigenvalue weighted by Crippen LogP contribution is -2.30. The largest absolute Gasteiger partial charge is 0.378 e. The van der Waals surface area contributed by atoms with Crippen molar-refractivity contribution in [3.05, 3.63) is 0 Å². The van der Waals surface area contributed by atoms with Gasteiger partial charge in [-0.3, -0.25) is 4.79 Å². The Morgan fingerprint density at radius 1 is 1.10 bits per heavy atom. The SMILES string of the molecule is CCCCCN(C)CCCCOC1CCC(C(N)=O)CC1. The average Bonchev–Trinajstić information content (AvgIpc) is 2.47. The van der Waals surface area contributed by atoms with E-state index in [4.69, 9.17) is 10.5 Å². The zero-order valence-electron chi connectivity index (χ0n) is 14.0. The van der Waals surface area contributed by atoms with Crippen LogP contribution in [-0.2, 0) is 9.53 Å². The fourth-order valence-corrected chi connectivity index (χ4v) is 2.99. The van der Waals surface area contributed by atoms with E-state index in [-0.39, 0.29) is 11.8 Å². The lowest BCUT2D eigenvalue weighted by molar-refractivity contribution is -0.123. The van der Waals surface area contributed by atoms with Crippen molar-refractivity contribution < 1.29 is 9.53 Å². The lowest BCUT2D eigenvalue weighted by Gasteiger charge is -2.26. The van der Waals surface area contributed by atoms with Gasteiger partial charge in [0.05, 0.1) is 6.10 Å². The molecule has 0 saturated heterocycles. The van der Waals surface area contributed by atoms with Gasteiger partial charge in [-0.15, -0.1) is 0 Å². The molecule has 124 valence electrons. The third kappa shape index (κ3) is 8.42. The quantitative estimate of drug-likeness (QED) is 0.597. The number of ether oxygens (including phenoxy) is 1. The number of unbranched alkanes of at least 4 members (excludes halogenated alkanes) is 3. The molecule has 0 bridgehead atoms. The molecule has 0 radical (unpaired) electrons. The van der Waals surface area contributed by atoms with E-state index in [1.54, 1.807) is 0 Å². The molecule has 0 spiro atoms. The van der Waals surface area contributed by atoms with Crippen molar-refractivity contribution in [2.24, 2.45) is 11.7 Å². The molecule has 4 heteroatoms. The Balaban J connectivity index is 1.94. The number of hydrogen-bond acceptors (Lipinski definition) is 3. The molecule has 2 N–H and O–H groups in total. The van der Waals surface area contributed by atoms with Crippen LogP contribution >= 0.6 is 0 Å². The molecule has 1 saturated carbocycles. The molecule has 0 aliphatic heterocycles. The normalized spacial score (nSPS) is 22.6. The molecule has 0 unspecified atom stereocenters. The number of rotatable bonds is 11. The van der Waals surface area contributed by atoms with Crippen molar-refractivity contribution in [2.45, 2.75) is 70.8 Å². The van der Waals surface area contributed by atoms with E-state index in [1.165, 1.54) is 38.8 Å². The van der Waals surface area contributed by atoms with Gasteiger partial charge in [-0.25, -0.2) is 0 Å². The second-order valence-electron chi connectivity index (χ2n) is 6.46. The van der Waals surface area contributed by atoms with E-state index in [0.29, 0.717) is 6.10 Å². The molecule has 0 heterocycles. The minimum atomic E-state index is -0.139. The van der Waals surface area contributed by atoms with Crippen molar-refractivity contribution >= 4 is 5.91 Å². The van der Waals surface area contributed by atoms with Gasteiger partial charge < -0.3 is 15.4 Å². The van der Waals surface area contributed by atoms with Gasteiger partial charge in [0, 0.05) is 12.5 Å². The van der Waals surface area contributed by atoms with Crippen molar-refractivity contribution in [1.82, 2.24) is 4.90 Å². The average molecular weight is 298 g/mol. The summed E-state index contributed by atoms with van der Waals surface area (Å²) in [6.45, 7) is 5.48. The monoisotopic (exact) mass is 298 g/mol. The van der Waals surface area contributed by atoms with Gasteiger partial charge >= 0.3 is 0 Å². The molecule has 4 nitrogen and oxygen atoms in total. The summed E-state index contributed by atoms with van der Waals surface area (Å²) in [5, 5.41) is 0. The van der Waals surface area contributed by atoms with Crippen molar-refractivity contribution in [1.29, 1.82) is 0 Å². The first-order valence-electron chi connectivity index (χ1n) is 8.73. The zero-order valence-corrected chi connectivity index (χ0v) is 14.0. The fraction of sp³-hybridized carbons (Fsp3) is 0.941. The van der Waals surface area contributed by atoms with Crippen LogP contribution in [0.2, 0.25) is 0 Å². The molecule has 0 aromatic carbocycles. The first-order chi connectivity index (χ1) is 10.1. The predicted molar refractivity (Wildman–Crippen MR) is 87.1 cm³/mol. The number of amides is 1. The van der Waals surface area contributed by atoms with Crippen LogP contribution in [-0.4, -0.2) is 43.7 Å². The maximum absolute atomic E-state index is 11.1. The van der Waals surface area contributed by atoms with E-state index in [9.17, 15) is 4.79 Å². The summed E-state index contributed by atoms with van der Waals surface area (Å²) in [7, 11) is 2.21. The molecule has 1 fully saturated rings. The zero-order chi connectivity index (χ0) is 15.5. The van der Waals surface area contributed by atoms with Crippen LogP contribution < -0.4 is 5.73 Å². The maximum Gasteiger partial charge on any atom is 0.220 e. The summed E-state index contributed by atoms with van der Waals surface area (Å²) < 4.78 is 5.92. The van der Waals surface area contributed by atoms with E-state index in [1.807, 2.05) is 0 Å². The Hall–Kier alpha value is -0.610. The van der Waals surface area contributed by atoms with Crippen molar-refractivity contribution in [2.75, 3.05) is 26.7 Å². The molecule has 0 aromatic heterocycles. The third-order valence-electron chi connectivity index (χ3n) is 4.51. The van der Waals surface area contributed by atoms with Crippen LogP contribution in [0.1, 0.15) is 64.7 Å². The number of primary amides is 1. The second kappa shape index (κ2) is 11.0. The topological polar surface area (TPSA) is 55.6 Å². The molecular formula is C17H34N2O2. The van der Waals surface area contributed by atoms with E-state index in [2.05, 4.69) is 18.9 Å². The third-order valence-corrected chi connectivity index (χ3v) is 4.51. The fourth-order valence-electron chi connectivity index (χ4n) is 2.99. The van der Waals surface area contributed by atoms with Gasteiger partial charge in [0.1, 0.15) is 0 Å². The summed E-state index contributed by atoms with van der Waals surface area (Å²) in [5.74, 6) is -0.0545. The molecule has 1 amide bonds. The first-order valence-corrected chi connectivity index (χ1v) is 8.73. The summed E-state index contributed by atoms with van der Waals surface area (Å²) >= 11 is 0. The molecule has 21 heavy (non-hydrogen) atoms. The van der Waals surface area contributed by atoms with Crippen LogP contribution in [0.4, 0.5) is 0 Å². The van der Waals surface area contributed by atoms with Crippen LogP contribution in [0.5, 0.6) is 0 Å². The summed E-state index contributed by atoms with van der Waals surface area (Å²) in [6, 6.07) is 0. The standard InChI is InChI=1S/C17H34N2O2/c1-3-4-5-12-19(2)13-6-7-14-21-16-10-8-15(9-11-16)17(18)20/h15-16H,3-14H2,1-2H3,(H2,18,20). The van der Waals surface area contributed by atoms with Gasteiger partial charge in [0.25, 0.3) is 0 Å². The van der Waals surface area contributed by atoms with Gasteiger partial charge in [-0.2, -0.15) is 0 Å². The molecule has 1 aliphatic carbocycles. The molecule has 1 rings (SSSR count). The molecule has 0 aromatic rings. The van der Waals surface area contributed by atoms with Crippen LogP contribution in [0.25, 0.3) is 0 Å². The Morgan fingerprint density at radius 2 is 1.71 bits per heavy atom. The number of nitrogens with two attached hydrogens (primary N) is 1. The van der Waals surface area contributed by atoms with Crippen molar-refractivity contribution in [3.63, 3.8) is 0 Å². The summed E-state index contributed by atoms with van der Waals surface area (Å²) in [6.07, 6.45) is 10.4. The van der Waals surface area contributed by atoms with Crippen LogP contribution in [0, 0.1) is 5.92 Å². The highest BCUT2D eigenvalue weighted by Gasteiger charge is 2.24. The molecular weight excluding hydrogens is 264 g/mol. The summed E-state index contributed by atoms with van der Waals surface area (Å²) in [4.78, 5) is 13.5. The highest BCUT2D eigenvalue weighted by molar-refractivity contribution is 5.76. The lowest BCUT2D eigenvalue weighted by atomic mass is 9.87. The highest BCUT2D eigenvalue weighted by atomic mass is 16.5. The highest BCUT2D eigenvalue weighted by Crippen LogP contribution is 2.25.